The van der Waals surface area contributed by atoms with E-state index in [0.29, 0.717) is 24.2 Å². The molecule has 23 heavy (non-hydrogen) atoms. The molecule has 1 aromatic carbocycles. The average molecular weight is 316 g/mol. The fourth-order valence-corrected chi connectivity index (χ4v) is 3.01. The molecule has 0 aromatic heterocycles. The molecule has 2 aliphatic heterocycles. The van der Waals surface area contributed by atoms with Crippen LogP contribution in [0.4, 0.5) is 11.4 Å². The molecule has 7 nitrogen and oxygen atoms in total. The van der Waals surface area contributed by atoms with Crippen molar-refractivity contribution in [3.8, 4) is 0 Å². The molecule has 1 saturated heterocycles. The summed E-state index contributed by atoms with van der Waals surface area (Å²) in [6.07, 6.45) is 0.661. The summed E-state index contributed by atoms with van der Waals surface area (Å²) in [7, 11) is 5.07. The standard InChI is InChI=1S/C16H20N4O3/c1-18(2)16(23)14-17-15(22)11-9-10(6-7-12(11)19(14)3)20-8-4-5-13(20)21/h6-7,9,14H,4-5,8H2,1-3H3,(H,17,22). The molecule has 0 bridgehead atoms. The molecular weight excluding hydrogens is 296 g/mol. The van der Waals surface area contributed by atoms with Crippen molar-refractivity contribution < 1.29 is 14.4 Å². The van der Waals surface area contributed by atoms with E-state index >= 15 is 0 Å². The van der Waals surface area contributed by atoms with Crippen LogP contribution in [0.15, 0.2) is 18.2 Å². The number of nitrogens with zero attached hydrogens (tertiary/aromatic N) is 3. The lowest BCUT2D eigenvalue weighted by Crippen LogP contribution is -2.58. The SMILES string of the molecule is CN(C)C(=O)C1NC(=O)c2cc(N3CCCC3=O)ccc2N1C. The lowest BCUT2D eigenvalue weighted by atomic mass is 10.1. The lowest BCUT2D eigenvalue weighted by Gasteiger charge is -2.36. The zero-order chi connectivity index (χ0) is 16.7. The number of hydrogen-bond acceptors (Lipinski definition) is 4. The van der Waals surface area contributed by atoms with Crippen LogP contribution in [0.5, 0.6) is 0 Å². The van der Waals surface area contributed by atoms with Crippen molar-refractivity contribution in [2.45, 2.75) is 19.0 Å². The first-order valence-electron chi connectivity index (χ1n) is 7.59. The van der Waals surface area contributed by atoms with Crippen LogP contribution >= 0.6 is 0 Å². The first-order chi connectivity index (χ1) is 10.9. The number of anilines is 2. The summed E-state index contributed by atoms with van der Waals surface area (Å²) in [4.78, 5) is 41.4. The molecule has 2 aliphatic rings. The molecule has 1 atom stereocenters. The summed E-state index contributed by atoms with van der Waals surface area (Å²) in [5.41, 5.74) is 1.89. The number of benzene rings is 1. The number of hydrogen-bond donors (Lipinski definition) is 1. The molecule has 1 N–H and O–H groups in total. The fraction of sp³-hybridized carbons (Fsp3) is 0.438. The number of amides is 3. The zero-order valence-electron chi connectivity index (χ0n) is 13.5. The van der Waals surface area contributed by atoms with Crippen LogP contribution in [0.2, 0.25) is 0 Å². The van der Waals surface area contributed by atoms with Gasteiger partial charge in [-0.15, -0.1) is 0 Å². The highest BCUT2D eigenvalue weighted by Gasteiger charge is 2.34. The molecule has 0 aliphatic carbocycles. The van der Waals surface area contributed by atoms with Crippen molar-refractivity contribution in [3.05, 3.63) is 23.8 Å². The van der Waals surface area contributed by atoms with Gasteiger partial charge in [-0.1, -0.05) is 0 Å². The van der Waals surface area contributed by atoms with Crippen LogP contribution < -0.4 is 15.1 Å². The zero-order valence-corrected chi connectivity index (χ0v) is 13.5. The smallest absolute Gasteiger partial charge is 0.265 e. The molecule has 1 unspecified atom stereocenters. The van der Waals surface area contributed by atoms with Gasteiger partial charge in [-0.3, -0.25) is 14.4 Å². The first kappa shape index (κ1) is 15.3. The van der Waals surface area contributed by atoms with Crippen molar-refractivity contribution in [2.24, 2.45) is 0 Å². The van der Waals surface area contributed by atoms with Crippen molar-refractivity contribution in [1.82, 2.24) is 10.2 Å². The van der Waals surface area contributed by atoms with E-state index in [2.05, 4.69) is 5.32 Å². The van der Waals surface area contributed by atoms with E-state index in [1.165, 1.54) is 4.90 Å². The highest BCUT2D eigenvalue weighted by atomic mass is 16.2. The Bertz CT molecular complexity index is 686. The quantitative estimate of drug-likeness (QED) is 0.857. The van der Waals surface area contributed by atoms with Gasteiger partial charge < -0.3 is 20.0 Å². The van der Waals surface area contributed by atoms with Crippen molar-refractivity contribution >= 4 is 29.1 Å². The van der Waals surface area contributed by atoms with Gasteiger partial charge in [0.25, 0.3) is 11.8 Å². The summed E-state index contributed by atoms with van der Waals surface area (Å²) in [5, 5.41) is 2.72. The maximum absolute atomic E-state index is 12.4. The second-order valence-electron chi connectivity index (χ2n) is 6.07. The molecule has 1 fully saturated rings. The predicted molar refractivity (Wildman–Crippen MR) is 86.4 cm³/mol. The molecule has 3 rings (SSSR count). The third-order valence-corrected chi connectivity index (χ3v) is 4.32. The third-order valence-electron chi connectivity index (χ3n) is 4.32. The second-order valence-corrected chi connectivity index (χ2v) is 6.07. The van der Waals surface area contributed by atoms with Crippen LogP contribution in [-0.2, 0) is 9.59 Å². The maximum Gasteiger partial charge on any atom is 0.265 e. The van der Waals surface area contributed by atoms with Crippen molar-refractivity contribution in [3.63, 3.8) is 0 Å². The van der Waals surface area contributed by atoms with E-state index < -0.39 is 6.17 Å². The monoisotopic (exact) mass is 316 g/mol. The van der Waals surface area contributed by atoms with Crippen molar-refractivity contribution in [1.29, 1.82) is 0 Å². The van der Waals surface area contributed by atoms with Gasteiger partial charge in [-0.2, -0.15) is 0 Å². The Balaban J connectivity index is 1.95. The Morgan fingerprint density at radius 1 is 1.30 bits per heavy atom. The van der Waals surface area contributed by atoms with Gasteiger partial charge in [0.05, 0.1) is 11.3 Å². The molecule has 0 saturated carbocycles. The van der Waals surface area contributed by atoms with Crippen LogP contribution in [0.25, 0.3) is 0 Å². The largest absolute Gasteiger partial charge is 0.346 e. The molecule has 7 heteroatoms. The summed E-state index contributed by atoms with van der Waals surface area (Å²) in [6.45, 7) is 0.677. The van der Waals surface area contributed by atoms with Gasteiger partial charge in [0.2, 0.25) is 5.91 Å². The molecule has 122 valence electrons. The Labute approximate surface area is 134 Å². The first-order valence-corrected chi connectivity index (χ1v) is 7.59. The van der Waals surface area contributed by atoms with E-state index in [0.717, 1.165) is 12.1 Å². The number of likely N-dealkylation sites (N-methyl/N-ethyl adjacent to an activating group) is 2. The van der Waals surface area contributed by atoms with Gasteiger partial charge in [0, 0.05) is 39.8 Å². The third kappa shape index (κ3) is 2.52. The average Bonchev–Trinajstić information content (AvgIpc) is 2.95. The summed E-state index contributed by atoms with van der Waals surface area (Å²) >= 11 is 0. The number of nitrogens with one attached hydrogen (secondary N) is 1. The van der Waals surface area contributed by atoms with Gasteiger partial charge in [-0.05, 0) is 24.6 Å². The minimum atomic E-state index is -0.718. The Morgan fingerprint density at radius 3 is 2.65 bits per heavy atom. The van der Waals surface area contributed by atoms with Crippen LogP contribution in [0, 0.1) is 0 Å². The highest BCUT2D eigenvalue weighted by molar-refractivity contribution is 6.07. The van der Waals surface area contributed by atoms with E-state index in [4.69, 9.17) is 0 Å². The molecule has 2 heterocycles. The molecule has 3 amide bonds. The normalized spacial score (nSPS) is 20.4. The predicted octanol–water partition coefficient (Wildman–Crippen LogP) is 0.407. The maximum atomic E-state index is 12.4. The fourth-order valence-electron chi connectivity index (χ4n) is 3.01. The Morgan fingerprint density at radius 2 is 2.04 bits per heavy atom. The number of carbonyl (C=O) groups excluding carboxylic acids is 3. The van der Waals surface area contributed by atoms with Gasteiger partial charge in [0.1, 0.15) is 0 Å². The summed E-state index contributed by atoms with van der Waals surface area (Å²) < 4.78 is 0. The van der Waals surface area contributed by atoms with E-state index in [1.807, 2.05) is 6.07 Å². The van der Waals surface area contributed by atoms with E-state index in [1.54, 1.807) is 43.1 Å². The molecule has 0 spiro atoms. The topological polar surface area (TPSA) is 73.0 Å². The molecule has 1 aromatic rings. The van der Waals surface area contributed by atoms with Crippen molar-refractivity contribution in [2.75, 3.05) is 37.5 Å². The van der Waals surface area contributed by atoms with Gasteiger partial charge in [0.15, 0.2) is 6.17 Å². The number of rotatable bonds is 2. The van der Waals surface area contributed by atoms with Gasteiger partial charge in [-0.25, -0.2) is 0 Å². The Hall–Kier alpha value is -2.57. The minimum Gasteiger partial charge on any atom is -0.346 e. The van der Waals surface area contributed by atoms with Crippen LogP contribution in [0.1, 0.15) is 23.2 Å². The number of carbonyl (C=O) groups is 3. The van der Waals surface area contributed by atoms with Crippen LogP contribution in [0.3, 0.4) is 0 Å². The Kier molecular flexibility index (Phi) is 3.71. The second kappa shape index (κ2) is 5.57. The van der Waals surface area contributed by atoms with Gasteiger partial charge >= 0.3 is 0 Å². The van der Waals surface area contributed by atoms with E-state index in [-0.39, 0.29) is 17.7 Å². The number of fused-ring (bicyclic) bond motifs is 1. The molecular formula is C16H20N4O3. The van der Waals surface area contributed by atoms with E-state index in [9.17, 15) is 14.4 Å². The summed E-state index contributed by atoms with van der Waals surface area (Å²) in [6, 6.07) is 5.35. The summed E-state index contributed by atoms with van der Waals surface area (Å²) in [5.74, 6) is -0.410. The minimum absolute atomic E-state index is 0.0789. The van der Waals surface area contributed by atoms with Crippen LogP contribution in [-0.4, -0.2) is 56.5 Å². The molecule has 0 radical (unpaired) electrons. The lowest BCUT2D eigenvalue weighted by molar-refractivity contribution is -0.130. The highest BCUT2D eigenvalue weighted by Crippen LogP contribution is 2.31.